The summed E-state index contributed by atoms with van der Waals surface area (Å²) in [5.74, 6) is 0. The smallest absolute Gasteiger partial charge is 0.410 e. The van der Waals surface area contributed by atoms with Gasteiger partial charge in [-0.2, -0.15) is 0 Å². The molecular formula is C10H18N2O2. The van der Waals surface area contributed by atoms with Crippen LogP contribution in [-0.4, -0.2) is 35.4 Å². The van der Waals surface area contributed by atoms with Gasteiger partial charge in [0.2, 0.25) is 0 Å². The summed E-state index contributed by atoms with van der Waals surface area (Å²) in [6, 6.07) is 0. The molecule has 1 heterocycles. The first-order valence-electron chi connectivity index (χ1n) is 4.93. The molecule has 1 aliphatic heterocycles. The molecule has 0 spiro atoms. The number of hydrogen-bond donors (Lipinski definition) is 1. The second-order valence-electron chi connectivity index (χ2n) is 4.61. The Hall–Kier alpha value is -1.06. The Labute approximate surface area is 84.7 Å². The zero-order valence-corrected chi connectivity index (χ0v) is 9.09. The molecule has 80 valence electrons. The maximum Gasteiger partial charge on any atom is 0.410 e. The number of ether oxygens (including phenoxy) is 1. The van der Waals surface area contributed by atoms with Gasteiger partial charge in [0.25, 0.3) is 0 Å². The average Bonchev–Trinajstić information content (AvgIpc) is 2.01. The quantitative estimate of drug-likeness (QED) is 0.647. The van der Waals surface area contributed by atoms with Gasteiger partial charge in [0, 0.05) is 12.3 Å². The highest BCUT2D eigenvalue weighted by Gasteiger charge is 2.24. The Balaban J connectivity index is 2.48. The van der Waals surface area contributed by atoms with Gasteiger partial charge >= 0.3 is 6.09 Å². The molecule has 4 nitrogen and oxygen atoms in total. The van der Waals surface area contributed by atoms with Crippen molar-refractivity contribution >= 4 is 11.8 Å². The van der Waals surface area contributed by atoms with Crippen LogP contribution in [0.4, 0.5) is 4.79 Å². The first kappa shape index (κ1) is 11.0. The summed E-state index contributed by atoms with van der Waals surface area (Å²) >= 11 is 0. The number of carbonyl (C=O) groups is 1. The standard InChI is InChI=1S/C10H18N2O2/c1-10(2,3)14-9(13)12-6-4-5-8(11)7-12/h11H,4-7H2,1-3H3. The van der Waals surface area contributed by atoms with Crippen molar-refractivity contribution in [1.82, 2.24) is 4.90 Å². The van der Waals surface area contributed by atoms with Gasteiger partial charge in [0.05, 0.1) is 6.54 Å². The lowest BCUT2D eigenvalue weighted by Gasteiger charge is -2.30. The first-order valence-corrected chi connectivity index (χ1v) is 4.93. The monoisotopic (exact) mass is 198 g/mol. The summed E-state index contributed by atoms with van der Waals surface area (Å²) in [6.07, 6.45) is 1.37. The minimum Gasteiger partial charge on any atom is -0.444 e. The molecule has 0 radical (unpaired) electrons. The SMILES string of the molecule is CC(C)(C)OC(=O)N1CCCC(=N)C1. The van der Waals surface area contributed by atoms with Gasteiger partial charge in [-0.3, -0.25) is 0 Å². The predicted molar refractivity (Wildman–Crippen MR) is 54.8 cm³/mol. The third-order valence-electron chi connectivity index (χ3n) is 1.94. The summed E-state index contributed by atoms with van der Waals surface area (Å²) in [5.41, 5.74) is 0.165. The Morgan fingerprint density at radius 1 is 1.50 bits per heavy atom. The first-order chi connectivity index (χ1) is 6.38. The summed E-state index contributed by atoms with van der Waals surface area (Å²) in [4.78, 5) is 13.2. The van der Waals surface area contributed by atoms with E-state index in [1.54, 1.807) is 4.90 Å². The average molecular weight is 198 g/mol. The molecule has 0 aromatic rings. The maximum atomic E-state index is 11.6. The highest BCUT2D eigenvalue weighted by Crippen LogP contribution is 2.13. The lowest BCUT2D eigenvalue weighted by Crippen LogP contribution is -2.42. The van der Waals surface area contributed by atoms with Crippen LogP contribution in [0.25, 0.3) is 0 Å². The van der Waals surface area contributed by atoms with E-state index >= 15 is 0 Å². The molecule has 1 N–H and O–H groups in total. The summed E-state index contributed by atoms with van der Waals surface area (Å²) in [5, 5.41) is 7.49. The van der Waals surface area contributed by atoms with Crippen molar-refractivity contribution in [2.24, 2.45) is 0 Å². The number of carbonyl (C=O) groups excluding carboxylic acids is 1. The third-order valence-corrected chi connectivity index (χ3v) is 1.94. The molecule has 0 aliphatic carbocycles. The van der Waals surface area contributed by atoms with Gasteiger partial charge < -0.3 is 15.0 Å². The fourth-order valence-corrected chi connectivity index (χ4v) is 1.35. The van der Waals surface area contributed by atoms with E-state index in [4.69, 9.17) is 10.1 Å². The number of rotatable bonds is 0. The molecule has 1 amide bonds. The van der Waals surface area contributed by atoms with Crippen LogP contribution in [0.2, 0.25) is 0 Å². The number of amides is 1. The number of nitrogens with one attached hydrogen (secondary N) is 1. The van der Waals surface area contributed by atoms with Gasteiger partial charge in [-0.05, 0) is 33.6 Å². The number of nitrogens with zero attached hydrogens (tertiary/aromatic N) is 1. The highest BCUT2D eigenvalue weighted by molar-refractivity contribution is 5.87. The molecule has 4 heteroatoms. The molecule has 14 heavy (non-hydrogen) atoms. The number of piperidine rings is 1. The van der Waals surface area contributed by atoms with Gasteiger partial charge in [0.1, 0.15) is 5.60 Å². The van der Waals surface area contributed by atoms with Gasteiger partial charge in [0.15, 0.2) is 0 Å². The van der Waals surface area contributed by atoms with Crippen LogP contribution >= 0.6 is 0 Å². The fourth-order valence-electron chi connectivity index (χ4n) is 1.35. The van der Waals surface area contributed by atoms with Crippen molar-refractivity contribution in [1.29, 1.82) is 5.41 Å². The molecule has 0 aromatic carbocycles. The molecular weight excluding hydrogens is 180 g/mol. The van der Waals surface area contributed by atoms with Crippen molar-refractivity contribution < 1.29 is 9.53 Å². The molecule has 0 bridgehead atoms. The zero-order valence-electron chi connectivity index (χ0n) is 9.09. The van der Waals surface area contributed by atoms with Crippen LogP contribution < -0.4 is 0 Å². The zero-order chi connectivity index (χ0) is 10.8. The van der Waals surface area contributed by atoms with E-state index in [0.717, 1.165) is 12.8 Å². The van der Waals surface area contributed by atoms with Gasteiger partial charge in [-0.25, -0.2) is 4.79 Å². The Kier molecular flexibility index (Phi) is 3.13. The Bertz CT molecular complexity index is 243. The van der Waals surface area contributed by atoms with Crippen LogP contribution in [0.3, 0.4) is 0 Å². The lowest BCUT2D eigenvalue weighted by atomic mass is 10.1. The van der Waals surface area contributed by atoms with E-state index in [9.17, 15) is 4.79 Å². The number of likely N-dealkylation sites (tertiary alicyclic amines) is 1. The van der Waals surface area contributed by atoms with Crippen LogP contribution in [0, 0.1) is 5.41 Å². The predicted octanol–water partition coefficient (Wildman–Crippen LogP) is 2.04. The van der Waals surface area contributed by atoms with E-state index in [-0.39, 0.29) is 6.09 Å². The maximum absolute atomic E-state index is 11.6. The minimum atomic E-state index is -0.448. The molecule has 0 unspecified atom stereocenters. The topological polar surface area (TPSA) is 53.4 Å². The molecule has 0 aromatic heterocycles. The van der Waals surface area contributed by atoms with Crippen LogP contribution in [0.1, 0.15) is 33.6 Å². The van der Waals surface area contributed by atoms with E-state index in [2.05, 4.69) is 0 Å². The second-order valence-corrected chi connectivity index (χ2v) is 4.61. The molecule has 0 saturated carbocycles. The van der Waals surface area contributed by atoms with Crippen LogP contribution in [0.15, 0.2) is 0 Å². The highest BCUT2D eigenvalue weighted by atomic mass is 16.6. The van der Waals surface area contributed by atoms with Crippen LogP contribution in [-0.2, 0) is 4.74 Å². The van der Waals surface area contributed by atoms with Crippen molar-refractivity contribution in [3.63, 3.8) is 0 Å². The fraction of sp³-hybridized carbons (Fsp3) is 0.800. The summed E-state index contributed by atoms with van der Waals surface area (Å²) < 4.78 is 5.22. The second kappa shape index (κ2) is 3.98. The molecule has 1 rings (SSSR count). The van der Waals surface area contributed by atoms with E-state index in [1.165, 1.54) is 0 Å². The largest absolute Gasteiger partial charge is 0.444 e. The normalized spacial score (nSPS) is 18.2. The van der Waals surface area contributed by atoms with E-state index < -0.39 is 5.60 Å². The molecule has 0 atom stereocenters. The molecule has 1 aliphatic rings. The van der Waals surface area contributed by atoms with Crippen LogP contribution in [0.5, 0.6) is 0 Å². The Morgan fingerprint density at radius 3 is 2.64 bits per heavy atom. The van der Waals surface area contributed by atoms with Crippen molar-refractivity contribution in [3.8, 4) is 0 Å². The van der Waals surface area contributed by atoms with Crippen molar-refractivity contribution in [3.05, 3.63) is 0 Å². The molecule has 1 fully saturated rings. The lowest BCUT2D eigenvalue weighted by molar-refractivity contribution is 0.0266. The van der Waals surface area contributed by atoms with Gasteiger partial charge in [-0.15, -0.1) is 0 Å². The summed E-state index contributed by atoms with van der Waals surface area (Å²) in [6.45, 7) is 6.67. The minimum absolute atomic E-state index is 0.304. The Morgan fingerprint density at radius 2 is 2.14 bits per heavy atom. The van der Waals surface area contributed by atoms with Crippen molar-refractivity contribution in [2.75, 3.05) is 13.1 Å². The van der Waals surface area contributed by atoms with E-state index in [0.29, 0.717) is 18.8 Å². The van der Waals surface area contributed by atoms with Gasteiger partial charge in [-0.1, -0.05) is 0 Å². The molecule has 1 saturated heterocycles. The van der Waals surface area contributed by atoms with Crippen molar-refractivity contribution in [2.45, 2.75) is 39.2 Å². The summed E-state index contributed by atoms with van der Waals surface area (Å²) in [7, 11) is 0. The van der Waals surface area contributed by atoms with E-state index in [1.807, 2.05) is 20.8 Å². The number of hydrogen-bond acceptors (Lipinski definition) is 3. The third kappa shape index (κ3) is 3.36.